The Morgan fingerprint density at radius 2 is 1.81 bits per heavy atom. The van der Waals surface area contributed by atoms with E-state index in [1.165, 1.54) is 7.11 Å². The van der Waals surface area contributed by atoms with Gasteiger partial charge in [0, 0.05) is 16.9 Å². The van der Waals surface area contributed by atoms with Gasteiger partial charge in [-0.1, -0.05) is 17.7 Å². The third kappa shape index (κ3) is 4.57. The molecule has 1 heterocycles. The van der Waals surface area contributed by atoms with Crippen molar-refractivity contribution < 1.29 is 9.53 Å². The van der Waals surface area contributed by atoms with Crippen LogP contribution in [-0.4, -0.2) is 18.0 Å². The standard InChI is InChI=1S/C21H20ClN3O2/c1-13-9-14(2)11-16(10-13)24-20-17(5-4-8-23-20)21(26)25-18-12-15(22)6-7-19(18)27-3/h4-12H,1-3H3,(H,23,24)(H,25,26). The average molecular weight is 382 g/mol. The molecule has 0 saturated heterocycles. The van der Waals surface area contributed by atoms with E-state index in [9.17, 15) is 4.79 Å². The maximum atomic E-state index is 12.8. The SMILES string of the molecule is COc1ccc(Cl)cc1NC(=O)c1cccnc1Nc1cc(C)cc(C)c1. The molecule has 27 heavy (non-hydrogen) atoms. The average Bonchev–Trinajstić information content (AvgIpc) is 2.61. The van der Waals surface area contributed by atoms with Gasteiger partial charge in [0.25, 0.3) is 5.91 Å². The molecule has 0 aliphatic heterocycles. The normalized spacial score (nSPS) is 10.4. The summed E-state index contributed by atoms with van der Waals surface area (Å²) in [7, 11) is 1.54. The van der Waals surface area contributed by atoms with Crippen molar-refractivity contribution in [3.8, 4) is 5.75 Å². The first-order valence-electron chi connectivity index (χ1n) is 8.41. The third-order valence-electron chi connectivity index (χ3n) is 3.95. The Kier molecular flexibility index (Phi) is 5.62. The Morgan fingerprint density at radius 3 is 2.52 bits per heavy atom. The summed E-state index contributed by atoms with van der Waals surface area (Å²) in [5.41, 5.74) is 4.04. The van der Waals surface area contributed by atoms with E-state index in [0.717, 1.165) is 16.8 Å². The molecule has 0 atom stereocenters. The van der Waals surface area contributed by atoms with E-state index in [1.807, 2.05) is 26.0 Å². The van der Waals surface area contributed by atoms with Gasteiger partial charge in [-0.2, -0.15) is 0 Å². The molecule has 5 nitrogen and oxygen atoms in total. The number of carbonyl (C=O) groups is 1. The lowest BCUT2D eigenvalue weighted by atomic mass is 10.1. The number of nitrogens with one attached hydrogen (secondary N) is 2. The van der Waals surface area contributed by atoms with E-state index in [0.29, 0.717) is 27.8 Å². The molecule has 2 aromatic carbocycles. The number of nitrogens with zero attached hydrogens (tertiary/aromatic N) is 1. The molecular weight excluding hydrogens is 362 g/mol. The number of aromatic nitrogens is 1. The molecule has 3 aromatic rings. The van der Waals surface area contributed by atoms with Crippen LogP contribution in [0.5, 0.6) is 5.75 Å². The topological polar surface area (TPSA) is 63.2 Å². The van der Waals surface area contributed by atoms with Gasteiger partial charge >= 0.3 is 0 Å². The second kappa shape index (κ2) is 8.10. The van der Waals surface area contributed by atoms with Gasteiger partial charge in [0.1, 0.15) is 11.6 Å². The maximum absolute atomic E-state index is 12.8. The highest BCUT2D eigenvalue weighted by atomic mass is 35.5. The Morgan fingerprint density at radius 1 is 1.07 bits per heavy atom. The summed E-state index contributed by atoms with van der Waals surface area (Å²) >= 11 is 6.04. The first-order valence-corrected chi connectivity index (χ1v) is 8.79. The Hall–Kier alpha value is -3.05. The monoisotopic (exact) mass is 381 g/mol. The van der Waals surface area contributed by atoms with E-state index in [2.05, 4.69) is 21.7 Å². The molecule has 1 aromatic heterocycles. The van der Waals surface area contributed by atoms with Crippen molar-refractivity contribution in [2.45, 2.75) is 13.8 Å². The van der Waals surface area contributed by atoms with Crippen LogP contribution in [0, 0.1) is 13.8 Å². The molecule has 0 fully saturated rings. The van der Waals surface area contributed by atoms with Crippen LogP contribution in [-0.2, 0) is 0 Å². The Labute approximate surface area is 163 Å². The summed E-state index contributed by atoms with van der Waals surface area (Å²) in [6, 6.07) is 14.6. The zero-order chi connectivity index (χ0) is 19.4. The predicted molar refractivity (Wildman–Crippen MR) is 109 cm³/mol. The number of aryl methyl sites for hydroxylation is 2. The molecule has 138 valence electrons. The highest BCUT2D eigenvalue weighted by molar-refractivity contribution is 6.31. The number of amides is 1. The third-order valence-corrected chi connectivity index (χ3v) is 4.18. The fraction of sp³-hybridized carbons (Fsp3) is 0.143. The number of pyridine rings is 1. The van der Waals surface area contributed by atoms with Crippen molar-refractivity contribution in [3.63, 3.8) is 0 Å². The van der Waals surface area contributed by atoms with Gasteiger partial charge in [0.05, 0.1) is 18.4 Å². The van der Waals surface area contributed by atoms with Crippen molar-refractivity contribution in [3.05, 3.63) is 76.4 Å². The van der Waals surface area contributed by atoms with E-state index >= 15 is 0 Å². The fourth-order valence-corrected chi connectivity index (χ4v) is 3.01. The maximum Gasteiger partial charge on any atom is 0.259 e. The van der Waals surface area contributed by atoms with Crippen LogP contribution in [0.4, 0.5) is 17.2 Å². The van der Waals surface area contributed by atoms with Crippen molar-refractivity contribution in [2.24, 2.45) is 0 Å². The molecule has 2 N–H and O–H groups in total. The van der Waals surface area contributed by atoms with Gasteiger partial charge in [0.2, 0.25) is 0 Å². The molecule has 0 aliphatic rings. The van der Waals surface area contributed by atoms with Gasteiger partial charge < -0.3 is 15.4 Å². The number of hydrogen-bond acceptors (Lipinski definition) is 4. The van der Waals surface area contributed by atoms with Gasteiger partial charge in [-0.15, -0.1) is 0 Å². The molecular formula is C21H20ClN3O2. The lowest BCUT2D eigenvalue weighted by molar-refractivity contribution is 0.102. The molecule has 0 saturated carbocycles. The molecule has 0 spiro atoms. The van der Waals surface area contributed by atoms with Crippen molar-refractivity contribution in [1.29, 1.82) is 0 Å². The quantitative estimate of drug-likeness (QED) is 0.624. The second-order valence-electron chi connectivity index (χ2n) is 6.20. The first kappa shape index (κ1) is 18.7. The summed E-state index contributed by atoms with van der Waals surface area (Å²) in [5.74, 6) is 0.692. The summed E-state index contributed by atoms with van der Waals surface area (Å²) in [5, 5.41) is 6.58. The number of methoxy groups -OCH3 is 1. The fourth-order valence-electron chi connectivity index (χ4n) is 2.84. The molecule has 3 rings (SSSR count). The number of rotatable bonds is 5. The number of ether oxygens (including phenoxy) is 1. The van der Waals surface area contributed by atoms with E-state index in [1.54, 1.807) is 36.5 Å². The zero-order valence-corrected chi connectivity index (χ0v) is 16.1. The number of anilines is 3. The minimum atomic E-state index is -0.310. The molecule has 0 aliphatic carbocycles. The number of hydrogen-bond donors (Lipinski definition) is 2. The highest BCUT2D eigenvalue weighted by Gasteiger charge is 2.15. The summed E-state index contributed by atoms with van der Waals surface area (Å²) in [6.07, 6.45) is 1.64. The highest BCUT2D eigenvalue weighted by Crippen LogP contribution is 2.29. The lowest BCUT2D eigenvalue weighted by Gasteiger charge is -2.14. The Balaban J connectivity index is 1.89. The largest absolute Gasteiger partial charge is 0.495 e. The molecule has 6 heteroatoms. The smallest absolute Gasteiger partial charge is 0.259 e. The molecule has 0 unspecified atom stereocenters. The van der Waals surface area contributed by atoms with Crippen LogP contribution in [0.2, 0.25) is 5.02 Å². The molecule has 0 radical (unpaired) electrons. The predicted octanol–water partition coefficient (Wildman–Crippen LogP) is 5.36. The van der Waals surface area contributed by atoms with Crippen molar-refractivity contribution >= 4 is 34.7 Å². The second-order valence-corrected chi connectivity index (χ2v) is 6.64. The summed E-state index contributed by atoms with van der Waals surface area (Å²) in [4.78, 5) is 17.2. The number of halogens is 1. The zero-order valence-electron chi connectivity index (χ0n) is 15.3. The van der Waals surface area contributed by atoms with Crippen LogP contribution in [0.15, 0.2) is 54.7 Å². The van der Waals surface area contributed by atoms with Crippen LogP contribution in [0.3, 0.4) is 0 Å². The first-order chi connectivity index (χ1) is 13.0. The number of benzene rings is 2. The number of carbonyl (C=O) groups excluding carboxylic acids is 1. The van der Waals surface area contributed by atoms with Crippen LogP contribution >= 0.6 is 11.6 Å². The minimum absolute atomic E-state index is 0.310. The van der Waals surface area contributed by atoms with Crippen molar-refractivity contribution in [1.82, 2.24) is 4.98 Å². The lowest BCUT2D eigenvalue weighted by Crippen LogP contribution is -2.15. The van der Waals surface area contributed by atoms with E-state index in [4.69, 9.17) is 16.3 Å². The summed E-state index contributed by atoms with van der Waals surface area (Å²) < 4.78 is 5.28. The van der Waals surface area contributed by atoms with Crippen LogP contribution in [0.1, 0.15) is 21.5 Å². The van der Waals surface area contributed by atoms with E-state index < -0.39 is 0 Å². The van der Waals surface area contributed by atoms with E-state index in [-0.39, 0.29) is 5.91 Å². The van der Waals surface area contributed by atoms with Crippen LogP contribution in [0.25, 0.3) is 0 Å². The van der Waals surface area contributed by atoms with Gasteiger partial charge in [0.15, 0.2) is 0 Å². The van der Waals surface area contributed by atoms with Gasteiger partial charge in [-0.05, 0) is 67.4 Å². The molecule has 1 amide bonds. The van der Waals surface area contributed by atoms with Crippen molar-refractivity contribution in [2.75, 3.05) is 17.7 Å². The van der Waals surface area contributed by atoms with Crippen LogP contribution < -0.4 is 15.4 Å². The minimum Gasteiger partial charge on any atom is -0.495 e. The molecule has 0 bridgehead atoms. The Bertz CT molecular complexity index is 969. The summed E-state index contributed by atoms with van der Waals surface area (Å²) in [6.45, 7) is 4.05. The van der Waals surface area contributed by atoms with Gasteiger partial charge in [-0.25, -0.2) is 4.98 Å². The van der Waals surface area contributed by atoms with Gasteiger partial charge in [-0.3, -0.25) is 4.79 Å².